The minimum absolute atomic E-state index is 0.578. The van der Waals surface area contributed by atoms with E-state index in [2.05, 4.69) is 67.5 Å². The van der Waals surface area contributed by atoms with Crippen molar-refractivity contribution in [3.05, 3.63) is 64.2 Å². The van der Waals surface area contributed by atoms with Crippen molar-refractivity contribution in [2.75, 3.05) is 0 Å². The van der Waals surface area contributed by atoms with Gasteiger partial charge in [-0.1, -0.05) is 24.3 Å². The number of imidazole rings is 1. The summed E-state index contributed by atoms with van der Waals surface area (Å²) >= 11 is 0. The summed E-state index contributed by atoms with van der Waals surface area (Å²) in [4.78, 5) is 9.51. The number of oxazole rings is 1. The molecule has 0 radical (unpaired) electrons. The Hall–Kier alpha value is -3.14. The van der Waals surface area contributed by atoms with Gasteiger partial charge in [0, 0.05) is 17.0 Å². The second-order valence-corrected chi connectivity index (χ2v) is 7.75. The second kappa shape index (κ2) is 5.68. The number of hydrogen-bond donors (Lipinski definition) is 0. The van der Waals surface area contributed by atoms with Crippen LogP contribution in [0.15, 0.2) is 34.9 Å². The predicted octanol–water partition coefficient (Wildman–Crippen LogP) is 6.15. The zero-order valence-corrected chi connectivity index (χ0v) is 17.1. The fourth-order valence-electron chi connectivity index (χ4n) is 4.25. The first-order chi connectivity index (χ1) is 13.4. The molecule has 3 aromatic heterocycles. The lowest BCUT2D eigenvalue weighted by Gasteiger charge is -2.17. The van der Waals surface area contributed by atoms with Crippen molar-refractivity contribution in [1.29, 1.82) is 0 Å². The third-order valence-electron chi connectivity index (χ3n) is 6.29. The minimum atomic E-state index is 0.578. The summed E-state index contributed by atoms with van der Waals surface area (Å²) in [6.07, 6.45) is 2.07. The van der Waals surface area contributed by atoms with Crippen molar-refractivity contribution in [3.8, 4) is 11.6 Å². The largest absolute Gasteiger partial charge is 0.440 e. The van der Waals surface area contributed by atoms with Crippen LogP contribution in [0.5, 0.6) is 0 Å². The molecule has 0 saturated heterocycles. The molecule has 5 aromatic rings. The number of pyridine rings is 1. The monoisotopic (exact) mass is 369 g/mol. The van der Waals surface area contributed by atoms with Crippen molar-refractivity contribution >= 4 is 27.3 Å². The lowest BCUT2D eigenvalue weighted by molar-refractivity contribution is 0.539. The van der Waals surface area contributed by atoms with Gasteiger partial charge in [0.05, 0.1) is 11.2 Å². The van der Waals surface area contributed by atoms with Gasteiger partial charge in [-0.3, -0.25) is 4.40 Å². The Labute approximate surface area is 163 Å². The molecule has 3 heterocycles. The zero-order valence-electron chi connectivity index (χ0n) is 17.1. The molecule has 2 aromatic carbocycles. The Morgan fingerprint density at radius 2 is 1.46 bits per heavy atom. The lowest BCUT2D eigenvalue weighted by atomic mass is 9.91. The van der Waals surface area contributed by atoms with Gasteiger partial charge < -0.3 is 4.42 Å². The number of hydrogen-bond acceptors (Lipinski definition) is 3. The number of aromatic nitrogens is 3. The van der Waals surface area contributed by atoms with Crippen molar-refractivity contribution < 1.29 is 4.42 Å². The Bertz CT molecular complexity index is 1400. The van der Waals surface area contributed by atoms with Gasteiger partial charge in [-0.05, 0) is 69.2 Å². The normalized spacial score (nSPS) is 11.9. The van der Waals surface area contributed by atoms with Gasteiger partial charge in [-0.15, -0.1) is 0 Å². The van der Waals surface area contributed by atoms with E-state index in [1.54, 1.807) is 0 Å². The Kier molecular flexibility index (Phi) is 3.45. The van der Waals surface area contributed by atoms with Gasteiger partial charge in [0.25, 0.3) is 0 Å². The molecule has 0 aliphatic rings. The first-order valence-electron chi connectivity index (χ1n) is 9.62. The van der Waals surface area contributed by atoms with Gasteiger partial charge in [-0.25, -0.2) is 9.97 Å². The highest BCUT2D eigenvalue weighted by Crippen LogP contribution is 2.37. The summed E-state index contributed by atoms with van der Waals surface area (Å²) in [5, 5.41) is 3.69. The van der Waals surface area contributed by atoms with E-state index in [-0.39, 0.29) is 0 Å². The van der Waals surface area contributed by atoms with Crippen LogP contribution in [-0.2, 0) is 0 Å². The number of nitrogens with zero attached hydrogens (tertiary/aromatic N) is 3. The summed E-state index contributed by atoms with van der Waals surface area (Å²) in [6.45, 7) is 12.7. The molecule has 0 amide bonds. The molecule has 4 heteroatoms. The van der Waals surface area contributed by atoms with Gasteiger partial charge >= 0.3 is 0 Å². The molecule has 0 aliphatic carbocycles. The van der Waals surface area contributed by atoms with E-state index in [0.29, 0.717) is 5.89 Å². The highest BCUT2D eigenvalue weighted by Gasteiger charge is 2.19. The highest BCUT2D eigenvalue weighted by atomic mass is 16.4. The van der Waals surface area contributed by atoms with E-state index >= 15 is 0 Å². The van der Waals surface area contributed by atoms with E-state index < -0.39 is 0 Å². The first kappa shape index (κ1) is 17.0. The van der Waals surface area contributed by atoms with E-state index in [0.717, 1.165) is 28.2 Å². The van der Waals surface area contributed by atoms with Gasteiger partial charge in [0.15, 0.2) is 0 Å². The molecule has 28 heavy (non-hydrogen) atoms. The highest BCUT2D eigenvalue weighted by molar-refractivity contribution is 6.14. The molecular weight excluding hydrogens is 346 g/mol. The van der Waals surface area contributed by atoms with Crippen LogP contribution in [0, 0.1) is 41.5 Å². The maximum absolute atomic E-state index is 5.86. The molecule has 0 spiro atoms. The number of fused-ring (bicyclic) bond motifs is 6. The van der Waals surface area contributed by atoms with Crippen LogP contribution >= 0.6 is 0 Å². The molecule has 0 saturated carbocycles. The number of aryl methyl sites for hydroxylation is 4. The third-order valence-corrected chi connectivity index (χ3v) is 6.29. The average Bonchev–Trinajstić information content (AvgIpc) is 3.27. The van der Waals surface area contributed by atoms with E-state index in [4.69, 9.17) is 9.40 Å². The standard InChI is InChI=1S/C24H23N3O/c1-12-13(2)15(4)22-21(14(12)3)18-9-7-8-10-19(18)23-26-20(11-27(22)23)24-25-16(5)17(6)28-24/h7-11H,1-6H3. The van der Waals surface area contributed by atoms with Crippen LogP contribution in [0.25, 0.3) is 38.9 Å². The van der Waals surface area contributed by atoms with Crippen molar-refractivity contribution in [2.45, 2.75) is 41.5 Å². The predicted molar refractivity (Wildman–Crippen MR) is 114 cm³/mol. The van der Waals surface area contributed by atoms with Crippen LogP contribution in [-0.4, -0.2) is 14.4 Å². The van der Waals surface area contributed by atoms with Crippen molar-refractivity contribution in [3.63, 3.8) is 0 Å². The van der Waals surface area contributed by atoms with Gasteiger partial charge in [0.1, 0.15) is 17.1 Å². The molecular formula is C24H23N3O. The van der Waals surface area contributed by atoms with E-state index in [1.807, 2.05) is 13.8 Å². The Morgan fingerprint density at radius 1 is 0.786 bits per heavy atom. The SMILES string of the molecule is Cc1nc(-c2cn3c(n2)c2ccccc2c2c(C)c(C)c(C)c(C)c23)oc1C. The molecule has 0 fully saturated rings. The topological polar surface area (TPSA) is 43.3 Å². The average molecular weight is 369 g/mol. The van der Waals surface area contributed by atoms with Gasteiger partial charge in [-0.2, -0.15) is 0 Å². The van der Waals surface area contributed by atoms with Crippen molar-refractivity contribution in [2.24, 2.45) is 0 Å². The summed E-state index contributed by atoms with van der Waals surface area (Å²) < 4.78 is 8.08. The Balaban J connectivity index is 2.03. The molecule has 0 aliphatic heterocycles. The van der Waals surface area contributed by atoms with Crippen molar-refractivity contribution in [1.82, 2.24) is 14.4 Å². The van der Waals surface area contributed by atoms with Crippen LogP contribution < -0.4 is 0 Å². The number of rotatable bonds is 1. The maximum atomic E-state index is 5.86. The van der Waals surface area contributed by atoms with Crippen LogP contribution in [0.1, 0.15) is 33.7 Å². The molecule has 140 valence electrons. The quantitative estimate of drug-likeness (QED) is 0.333. The summed E-state index contributed by atoms with van der Waals surface area (Å²) in [5.74, 6) is 1.41. The lowest BCUT2D eigenvalue weighted by Crippen LogP contribution is -2.00. The van der Waals surface area contributed by atoms with E-state index in [1.165, 1.54) is 38.5 Å². The molecule has 5 rings (SSSR count). The molecule has 0 unspecified atom stereocenters. The second-order valence-electron chi connectivity index (χ2n) is 7.75. The number of benzene rings is 2. The molecule has 0 atom stereocenters. The van der Waals surface area contributed by atoms with E-state index in [9.17, 15) is 0 Å². The Morgan fingerprint density at radius 3 is 2.14 bits per heavy atom. The molecule has 4 nitrogen and oxygen atoms in total. The summed E-state index contributed by atoms with van der Waals surface area (Å²) in [5.41, 5.74) is 9.13. The molecule has 0 N–H and O–H groups in total. The molecule has 0 bridgehead atoms. The minimum Gasteiger partial charge on any atom is -0.440 e. The fraction of sp³-hybridized carbons (Fsp3) is 0.250. The summed E-state index contributed by atoms with van der Waals surface area (Å²) in [6, 6.07) is 8.53. The zero-order chi connectivity index (χ0) is 19.7. The maximum Gasteiger partial charge on any atom is 0.247 e. The fourth-order valence-corrected chi connectivity index (χ4v) is 4.25. The van der Waals surface area contributed by atoms with Crippen LogP contribution in [0.3, 0.4) is 0 Å². The third kappa shape index (κ3) is 2.12. The smallest absolute Gasteiger partial charge is 0.247 e. The first-order valence-corrected chi connectivity index (χ1v) is 9.62. The van der Waals surface area contributed by atoms with Gasteiger partial charge in [0.2, 0.25) is 5.89 Å². The van der Waals surface area contributed by atoms with Crippen LogP contribution in [0.4, 0.5) is 0 Å². The summed E-state index contributed by atoms with van der Waals surface area (Å²) in [7, 11) is 0. The van der Waals surface area contributed by atoms with Crippen LogP contribution in [0.2, 0.25) is 0 Å².